The molecule has 1 N–H and O–H groups in total. The lowest BCUT2D eigenvalue weighted by Crippen LogP contribution is -2.05. The number of nitrogens with one attached hydrogen (secondary N) is 1. The number of aromatic nitrogens is 3. The Bertz CT molecular complexity index is 1100. The number of hydrogen-bond donors (Lipinski definition) is 1. The molecule has 0 bridgehead atoms. The molecule has 0 fully saturated rings. The molecule has 3 aromatic rings. The molecule has 150 valence electrons. The summed E-state index contributed by atoms with van der Waals surface area (Å²) in [5, 5.41) is 11.2. The van der Waals surface area contributed by atoms with Gasteiger partial charge in [-0.15, -0.1) is 0 Å². The SMILES string of the molecule is COc1cc(/C=N\n2c(-c3ccc(F)cc3)n[nH]c2=S)cc(OC)c1OC(C)=O. The molecule has 0 spiro atoms. The molecular formula is C19H17FN4O4S. The molecule has 1 aromatic heterocycles. The quantitative estimate of drug-likeness (QED) is 0.286. The largest absolute Gasteiger partial charge is 0.493 e. The Morgan fingerprint density at radius 3 is 2.38 bits per heavy atom. The number of methoxy groups -OCH3 is 2. The fraction of sp³-hybridized carbons (Fsp3) is 0.158. The molecule has 0 aliphatic carbocycles. The fourth-order valence-corrected chi connectivity index (χ4v) is 2.71. The van der Waals surface area contributed by atoms with Crippen LogP contribution in [0.15, 0.2) is 41.5 Å². The van der Waals surface area contributed by atoms with Crippen molar-refractivity contribution in [1.29, 1.82) is 0 Å². The molecule has 8 nitrogen and oxygen atoms in total. The van der Waals surface area contributed by atoms with Gasteiger partial charge in [-0.3, -0.25) is 4.79 Å². The lowest BCUT2D eigenvalue weighted by atomic mass is 10.2. The van der Waals surface area contributed by atoms with E-state index in [4.69, 9.17) is 26.4 Å². The number of esters is 1. The summed E-state index contributed by atoms with van der Waals surface area (Å²) in [4.78, 5) is 11.3. The molecule has 29 heavy (non-hydrogen) atoms. The molecule has 0 unspecified atom stereocenters. The van der Waals surface area contributed by atoms with Gasteiger partial charge in [0.2, 0.25) is 10.5 Å². The van der Waals surface area contributed by atoms with E-state index in [2.05, 4.69) is 15.3 Å². The first-order valence-corrected chi connectivity index (χ1v) is 8.76. The Morgan fingerprint density at radius 2 is 1.83 bits per heavy atom. The predicted molar refractivity (Wildman–Crippen MR) is 107 cm³/mol. The van der Waals surface area contributed by atoms with E-state index < -0.39 is 5.97 Å². The van der Waals surface area contributed by atoms with Gasteiger partial charge in [-0.05, 0) is 48.6 Å². The summed E-state index contributed by atoms with van der Waals surface area (Å²) in [5.41, 5.74) is 1.24. The van der Waals surface area contributed by atoms with Crippen LogP contribution in [0.3, 0.4) is 0 Å². The molecule has 0 aliphatic heterocycles. The van der Waals surface area contributed by atoms with E-state index >= 15 is 0 Å². The summed E-state index contributed by atoms with van der Waals surface area (Å²) in [6, 6.07) is 9.06. The van der Waals surface area contributed by atoms with Crippen LogP contribution < -0.4 is 14.2 Å². The van der Waals surface area contributed by atoms with Gasteiger partial charge < -0.3 is 14.2 Å². The Kier molecular flexibility index (Phi) is 6.03. The highest BCUT2D eigenvalue weighted by atomic mass is 32.1. The van der Waals surface area contributed by atoms with Crippen molar-refractivity contribution >= 4 is 24.4 Å². The number of nitrogens with zero attached hydrogens (tertiary/aromatic N) is 3. The normalized spacial score (nSPS) is 10.9. The van der Waals surface area contributed by atoms with Crippen molar-refractivity contribution in [3.05, 3.63) is 52.5 Å². The van der Waals surface area contributed by atoms with Gasteiger partial charge in [0.25, 0.3) is 0 Å². The van der Waals surface area contributed by atoms with E-state index in [0.717, 1.165) is 0 Å². The third-order valence-electron chi connectivity index (χ3n) is 3.80. The maximum absolute atomic E-state index is 13.2. The zero-order valence-corrected chi connectivity index (χ0v) is 16.6. The van der Waals surface area contributed by atoms with Crippen LogP contribution in [0.5, 0.6) is 17.2 Å². The molecular weight excluding hydrogens is 399 g/mol. The number of ether oxygens (including phenoxy) is 3. The number of halogens is 1. The fourth-order valence-electron chi connectivity index (χ4n) is 2.53. The number of hydrogen-bond acceptors (Lipinski definition) is 7. The van der Waals surface area contributed by atoms with E-state index in [1.807, 2.05) is 0 Å². The third kappa shape index (κ3) is 4.49. The van der Waals surface area contributed by atoms with Crippen molar-refractivity contribution in [3.63, 3.8) is 0 Å². The van der Waals surface area contributed by atoms with E-state index in [1.54, 1.807) is 24.3 Å². The van der Waals surface area contributed by atoms with Crippen molar-refractivity contribution in [2.24, 2.45) is 5.10 Å². The molecule has 2 aromatic carbocycles. The van der Waals surface area contributed by atoms with Gasteiger partial charge in [0.05, 0.1) is 20.4 Å². The number of carbonyl (C=O) groups excluding carboxylic acids is 1. The highest BCUT2D eigenvalue weighted by Crippen LogP contribution is 2.38. The summed E-state index contributed by atoms with van der Waals surface area (Å²) in [6.07, 6.45) is 1.51. The van der Waals surface area contributed by atoms with Crippen LogP contribution in [0.1, 0.15) is 12.5 Å². The number of aromatic amines is 1. The predicted octanol–water partition coefficient (Wildman–Crippen LogP) is 3.57. The topological polar surface area (TPSA) is 90.7 Å². The van der Waals surface area contributed by atoms with Crippen molar-refractivity contribution < 1.29 is 23.4 Å². The maximum atomic E-state index is 13.2. The average Bonchev–Trinajstić information content (AvgIpc) is 3.07. The van der Waals surface area contributed by atoms with E-state index in [9.17, 15) is 9.18 Å². The van der Waals surface area contributed by atoms with Crippen LogP contribution in [-0.2, 0) is 4.79 Å². The monoisotopic (exact) mass is 416 g/mol. The second-order valence-electron chi connectivity index (χ2n) is 5.76. The summed E-state index contributed by atoms with van der Waals surface area (Å²) in [7, 11) is 2.89. The molecule has 0 atom stereocenters. The van der Waals surface area contributed by atoms with Crippen LogP contribution in [-0.4, -0.2) is 41.3 Å². The standard InChI is InChI=1S/C19H17FN4O4S/c1-11(25)28-17-15(26-2)8-12(9-16(17)27-3)10-21-24-18(22-23-19(24)29)13-4-6-14(20)7-5-13/h4-10H,1-3H3,(H,23,29)/b21-10-. The molecule has 1 heterocycles. The van der Waals surface area contributed by atoms with E-state index in [0.29, 0.717) is 28.5 Å². The van der Waals surface area contributed by atoms with Crippen molar-refractivity contribution in [2.45, 2.75) is 6.92 Å². The molecule has 10 heteroatoms. The molecule has 0 radical (unpaired) electrons. The number of carbonyl (C=O) groups is 1. The van der Waals surface area contributed by atoms with Crippen LogP contribution in [0.2, 0.25) is 0 Å². The van der Waals surface area contributed by atoms with Gasteiger partial charge in [-0.25, -0.2) is 9.49 Å². The molecule has 0 saturated carbocycles. The van der Waals surface area contributed by atoms with E-state index in [-0.39, 0.29) is 16.3 Å². The molecule has 0 aliphatic rings. The molecule has 0 saturated heterocycles. The van der Waals surface area contributed by atoms with Crippen LogP contribution >= 0.6 is 12.2 Å². The van der Waals surface area contributed by atoms with Gasteiger partial charge in [-0.1, -0.05) is 0 Å². The molecule has 0 amide bonds. The van der Waals surface area contributed by atoms with Crippen molar-refractivity contribution in [1.82, 2.24) is 14.9 Å². The Labute approximate surface area is 170 Å². The van der Waals surface area contributed by atoms with Crippen LogP contribution in [0.25, 0.3) is 11.4 Å². The number of benzene rings is 2. The van der Waals surface area contributed by atoms with Gasteiger partial charge in [0, 0.05) is 18.1 Å². The second kappa shape index (κ2) is 8.65. The minimum Gasteiger partial charge on any atom is -0.493 e. The minimum absolute atomic E-state index is 0.173. The summed E-state index contributed by atoms with van der Waals surface area (Å²) >= 11 is 5.23. The Balaban J connectivity index is 2.00. The zero-order valence-electron chi connectivity index (χ0n) is 15.8. The molecule has 3 rings (SSSR count). The minimum atomic E-state index is -0.503. The lowest BCUT2D eigenvalue weighted by Gasteiger charge is -2.13. The van der Waals surface area contributed by atoms with E-state index in [1.165, 1.54) is 44.2 Å². The first-order chi connectivity index (χ1) is 13.9. The maximum Gasteiger partial charge on any atom is 0.308 e. The van der Waals surface area contributed by atoms with Gasteiger partial charge in [0.1, 0.15) is 5.82 Å². The summed E-state index contributed by atoms with van der Waals surface area (Å²) in [5.74, 6) is 0.334. The third-order valence-corrected chi connectivity index (χ3v) is 4.07. The van der Waals surface area contributed by atoms with Crippen molar-refractivity contribution in [2.75, 3.05) is 14.2 Å². The highest BCUT2D eigenvalue weighted by Gasteiger charge is 2.16. The summed E-state index contributed by atoms with van der Waals surface area (Å²) < 4.78 is 30.6. The zero-order chi connectivity index (χ0) is 21.0. The Hall–Kier alpha value is -3.53. The second-order valence-corrected chi connectivity index (χ2v) is 6.15. The van der Waals surface area contributed by atoms with Gasteiger partial charge in [-0.2, -0.15) is 14.9 Å². The van der Waals surface area contributed by atoms with Gasteiger partial charge in [0.15, 0.2) is 17.3 Å². The first kappa shape index (κ1) is 20.2. The number of H-pyrrole nitrogens is 1. The summed E-state index contributed by atoms with van der Waals surface area (Å²) in [6.45, 7) is 1.28. The first-order valence-electron chi connectivity index (χ1n) is 8.35. The number of rotatable bonds is 6. The lowest BCUT2D eigenvalue weighted by molar-refractivity contribution is -0.132. The van der Waals surface area contributed by atoms with Gasteiger partial charge >= 0.3 is 5.97 Å². The average molecular weight is 416 g/mol. The van der Waals surface area contributed by atoms with Crippen LogP contribution in [0, 0.1) is 10.6 Å². The van der Waals surface area contributed by atoms with Crippen molar-refractivity contribution in [3.8, 4) is 28.6 Å². The highest BCUT2D eigenvalue weighted by molar-refractivity contribution is 7.71. The van der Waals surface area contributed by atoms with Crippen LogP contribution in [0.4, 0.5) is 4.39 Å². The smallest absolute Gasteiger partial charge is 0.308 e. The Morgan fingerprint density at radius 1 is 1.21 bits per heavy atom.